The lowest BCUT2D eigenvalue weighted by atomic mass is 9.68. The monoisotopic (exact) mass is 360 g/mol. The Morgan fingerprint density at radius 1 is 1.14 bits per heavy atom. The summed E-state index contributed by atoms with van der Waals surface area (Å²) in [6, 6.07) is 2.53. The first-order valence-electron chi connectivity index (χ1n) is 7.53. The maximum atomic E-state index is 14.1. The van der Waals surface area contributed by atoms with Crippen LogP contribution in [0, 0.1) is 28.9 Å². The third kappa shape index (κ3) is 3.65. The first-order valence-corrected chi connectivity index (χ1v) is 8.32. The van der Waals surface area contributed by atoms with Gasteiger partial charge >= 0.3 is 0 Å². The van der Waals surface area contributed by atoms with Gasteiger partial charge in [-0.05, 0) is 71.0 Å². The van der Waals surface area contributed by atoms with Crippen molar-refractivity contribution in [3.05, 3.63) is 33.8 Å². The maximum Gasteiger partial charge on any atom is 0.146 e. The molecule has 1 aromatic rings. The van der Waals surface area contributed by atoms with E-state index in [0.29, 0.717) is 5.92 Å². The summed E-state index contributed by atoms with van der Waals surface area (Å²) in [5.74, 6) is -0.804. The Hall–Kier alpha value is -0.480. The normalized spacial score (nSPS) is 24.9. The van der Waals surface area contributed by atoms with Crippen molar-refractivity contribution in [3.63, 3.8) is 0 Å². The molecule has 21 heavy (non-hydrogen) atoms. The van der Waals surface area contributed by atoms with E-state index in [1.54, 1.807) is 0 Å². The van der Waals surface area contributed by atoms with E-state index < -0.39 is 17.7 Å². The molecule has 4 heteroatoms. The van der Waals surface area contributed by atoms with E-state index in [2.05, 4.69) is 36.7 Å². The number of rotatable bonds is 2. The summed E-state index contributed by atoms with van der Waals surface area (Å²) in [4.78, 5) is 0. The van der Waals surface area contributed by atoms with Gasteiger partial charge < -0.3 is 5.11 Å². The summed E-state index contributed by atoms with van der Waals surface area (Å²) >= 11 is 3.06. The second-order valence-corrected chi connectivity index (χ2v) is 8.03. The van der Waals surface area contributed by atoms with Crippen molar-refractivity contribution in [2.45, 2.75) is 52.6 Å². The third-order valence-corrected chi connectivity index (χ3v) is 5.43. The smallest absolute Gasteiger partial charge is 0.146 e. The predicted octanol–water partition coefficient (Wildman–Crippen LogP) is 5.61. The Labute approximate surface area is 133 Å². The highest BCUT2D eigenvalue weighted by atomic mass is 79.9. The van der Waals surface area contributed by atoms with Crippen LogP contribution in [0.15, 0.2) is 16.6 Å². The van der Waals surface area contributed by atoms with E-state index in [1.807, 2.05) is 0 Å². The lowest BCUT2D eigenvalue weighted by Gasteiger charge is -2.38. The Kier molecular flexibility index (Phi) is 5.09. The zero-order chi connectivity index (χ0) is 15.8. The molecule has 1 saturated carbocycles. The van der Waals surface area contributed by atoms with Gasteiger partial charge in [0.1, 0.15) is 11.6 Å². The first-order chi connectivity index (χ1) is 9.71. The van der Waals surface area contributed by atoms with Gasteiger partial charge in [0.15, 0.2) is 0 Å². The minimum atomic E-state index is -1.07. The molecule has 1 aliphatic rings. The number of aliphatic hydroxyl groups excluding tert-OH is 1. The molecule has 1 nitrogen and oxygen atoms in total. The highest BCUT2D eigenvalue weighted by Gasteiger charge is 2.34. The quantitative estimate of drug-likeness (QED) is 0.679. The van der Waals surface area contributed by atoms with Gasteiger partial charge in [-0.3, -0.25) is 0 Å². The largest absolute Gasteiger partial charge is 0.388 e. The minimum absolute atomic E-state index is 0.0677. The number of benzene rings is 1. The van der Waals surface area contributed by atoms with Crippen LogP contribution in [-0.4, -0.2) is 5.11 Å². The van der Waals surface area contributed by atoms with Crippen LogP contribution in [-0.2, 0) is 0 Å². The van der Waals surface area contributed by atoms with Crippen molar-refractivity contribution in [2.24, 2.45) is 17.3 Å². The van der Waals surface area contributed by atoms with Crippen LogP contribution < -0.4 is 0 Å². The maximum absolute atomic E-state index is 14.1. The topological polar surface area (TPSA) is 20.2 Å². The molecule has 0 amide bonds. The van der Waals surface area contributed by atoms with E-state index >= 15 is 0 Å². The second-order valence-electron chi connectivity index (χ2n) is 7.18. The molecule has 1 aliphatic carbocycles. The van der Waals surface area contributed by atoms with Crippen molar-refractivity contribution >= 4 is 15.9 Å². The standard InChI is InChI=1S/C17H23BrF2O/c1-17(2,3)11-6-4-10(5-7-11)16(21)14-13(19)9-8-12(18)15(14)20/h8-11,16,21H,4-7H2,1-3H3. The molecular formula is C17H23BrF2O. The summed E-state index contributed by atoms with van der Waals surface area (Å²) in [6.45, 7) is 6.67. The minimum Gasteiger partial charge on any atom is -0.388 e. The van der Waals surface area contributed by atoms with Crippen molar-refractivity contribution in [1.29, 1.82) is 0 Å². The Morgan fingerprint density at radius 2 is 1.71 bits per heavy atom. The van der Waals surface area contributed by atoms with Crippen LogP contribution in [0.4, 0.5) is 8.78 Å². The fraction of sp³-hybridized carbons (Fsp3) is 0.647. The average Bonchev–Trinajstić information content (AvgIpc) is 2.42. The highest BCUT2D eigenvalue weighted by molar-refractivity contribution is 9.10. The summed E-state index contributed by atoms with van der Waals surface area (Å²) < 4.78 is 28.2. The fourth-order valence-electron chi connectivity index (χ4n) is 3.35. The molecule has 1 fully saturated rings. The molecule has 0 spiro atoms. The number of halogens is 3. The van der Waals surface area contributed by atoms with Crippen molar-refractivity contribution in [2.75, 3.05) is 0 Å². The van der Waals surface area contributed by atoms with Gasteiger partial charge in [-0.15, -0.1) is 0 Å². The molecule has 1 unspecified atom stereocenters. The fourth-order valence-corrected chi connectivity index (χ4v) is 3.70. The van der Waals surface area contributed by atoms with Gasteiger partial charge in [-0.25, -0.2) is 8.78 Å². The number of aliphatic hydroxyl groups is 1. The Morgan fingerprint density at radius 3 is 2.24 bits per heavy atom. The van der Waals surface area contributed by atoms with Crippen LogP contribution in [0.2, 0.25) is 0 Å². The molecule has 2 rings (SSSR count). The van der Waals surface area contributed by atoms with Crippen molar-refractivity contribution in [3.8, 4) is 0 Å². The van der Waals surface area contributed by atoms with Gasteiger partial charge in [0.25, 0.3) is 0 Å². The second kappa shape index (κ2) is 6.33. The van der Waals surface area contributed by atoms with Crippen molar-refractivity contribution < 1.29 is 13.9 Å². The van der Waals surface area contributed by atoms with Crippen LogP contribution >= 0.6 is 15.9 Å². The molecule has 0 aromatic heterocycles. The van der Waals surface area contributed by atoms with E-state index in [9.17, 15) is 13.9 Å². The molecular weight excluding hydrogens is 338 g/mol. The molecule has 1 N–H and O–H groups in total. The third-order valence-electron chi connectivity index (χ3n) is 4.82. The number of hydrogen-bond acceptors (Lipinski definition) is 1. The van der Waals surface area contributed by atoms with Crippen LogP contribution in [0.3, 0.4) is 0 Å². The van der Waals surface area contributed by atoms with E-state index in [0.717, 1.165) is 25.7 Å². The predicted molar refractivity (Wildman–Crippen MR) is 83.9 cm³/mol. The van der Waals surface area contributed by atoms with Gasteiger partial charge in [-0.2, -0.15) is 0 Å². The molecule has 1 aromatic carbocycles. The lowest BCUT2D eigenvalue weighted by molar-refractivity contribution is 0.0482. The molecule has 0 bridgehead atoms. The SMILES string of the molecule is CC(C)(C)C1CCC(C(O)c2c(F)ccc(Br)c2F)CC1. The molecule has 0 heterocycles. The lowest BCUT2D eigenvalue weighted by Crippen LogP contribution is -2.28. The molecule has 0 saturated heterocycles. The zero-order valence-electron chi connectivity index (χ0n) is 12.8. The molecule has 118 valence electrons. The van der Waals surface area contributed by atoms with Gasteiger partial charge in [0.2, 0.25) is 0 Å². The Bertz CT molecular complexity index is 502. The average molecular weight is 361 g/mol. The van der Waals surface area contributed by atoms with Crippen LogP contribution in [0.25, 0.3) is 0 Å². The molecule has 0 aliphatic heterocycles. The number of hydrogen-bond donors (Lipinski definition) is 1. The van der Waals surface area contributed by atoms with E-state index in [1.165, 1.54) is 12.1 Å². The summed E-state index contributed by atoms with van der Waals surface area (Å²) in [5.41, 5.74) is 0.0611. The van der Waals surface area contributed by atoms with Gasteiger partial charge in [-0.1, -0.05) is 20.8 Å². The van der Waals surface area contributed by atoms with Gasteiger partial charge in [0.05, 0.1) is 16.1 Å². The zero-order valence-corrected chi connectivity index (χ0v) is 14.4. The van der Waals surface area contributed by atoms with Crippen LogP contribution in [0.1, 0.15) is 58.1 Å². The highest BCUT2D eigenvalue weighted by Crippen LogP contribution is 2.44. The van der Waals surface area contributed by atoms with Gasteiger partial charge in [0, 0.05) is 0 Å². The Balaban J connectivity index is 2.13. The summed E-state index contributed by atoms with van der Waals surface area (Å²) in [5, 5.41) is 10.4. The van der Waals surface area contributed by atoms with Crippen LogP contribution in [0.5, 0.6) is 0 Å². The van der Waals surface area contributed by atoms with E-state index in [4.69, 9.17) is 0 Å². The molecule has 1 atom stereocenters. The first kappa shape index (κ1) is 16.9. The van der Waals surface area contributed by atoms with E-state index in [-0.39, 0.29) is 21.4 Å². The molecule has 0 radical (unpaired) electrons. The summed E-state index contributed by atoms with van der Waals surface area (Å²) in [7, 11) is 0. The van der Waals surface area contributed by atoms with Crippen molar-refractivity contribution in [1.82, 2.24) is 0 Å². The summed E-state index contributed by atoms with van der Waals surface area (Å²) in [6.07, 6.45) is 2.57.